The molecule has 0 radical (unpaired) electrons. The van der Waals surface area contributed by atoms with Gasteiger partial charge in [-0.15, -0.1) is 0 Å². The van der Waals surface area contributed by atoms with Crippen LogP contribution < -0.4 is 0 Å². The van der Waals surface area contributed by atoms with Crippen molar-refractivity contribution in [3.05, 3.63) is 47.1 Å². The zero-order chi connectivity index (χ0) is 13.4. The van der Waals surface area contributed by atoms with Crippen molar-refractivity contribution in [3.8, 4) is 0 Å². The quantitative estimate of drug-likeness (QED) is 0.847. The molecule has 1 aromatic heterocycles. The molecule has 0 saturated carbocycles. The summed E-state index contributed by atoms with van der Waals surface area (Å²) in [5, 5.41) is 4.06. The fraction of sp³-hybridized carbons (Fsp3) is 0.400. The van der Waals surface area contributed by atoms with Crippen LogP contribution in [0.25, 0.3) is 0 Å². The molecule has 3 rings (SSSR count). The second-order valence-corrected chi connectivity index (χ2v) is 5.11. The van der Waals surface area contributed by atoms with Crippen LogP contribution in [0.3, 0.4) is 0 Å². The van der Waals surface area contributed by atoms with Crippen LogP contribution in [0.2, 0.25) is 0 Å². The van der Waals surface area contributed by atoms with E-state index in [9.17, 15) is 4.79 Å². The molecule has 1 aliphatic rings. The van der Waals surface area contributed by atoms with Gasteiger partial charge in [-0.2, -0.15) is 4.98 Å². The summed E-state index contributed by atoms with van der Waals surface area (Å²) in [6, 6.07) is 8.36. The molecule has 0 aliphatic heterocycles. The predicted octanol–water partition coefficient (Wildman–Crippen LogP) is 2.84. The average molecular weight is 256 g/mol. The summed E-state index contributed by atoms with van der Waals surface area (Å²) >= 11 is 0. The van der Waals surface area contributed by atoms with E-state index in [-0.39, 0.29) is 17.6 Å². The van der Waals surface area contributed by atoms with Gasteiger partial charge in [-0.25, -0.2) is 0 Å². The summed E-state index contributed by atoms with van der Waals surface area (Å²) in [4.78, 5) is 15.8. The number of rotatable bonds is 3. The van der Waals surface area contributed by atoms with E-state index in [1.807, 2.05) is 6.07 Å². The van der Waals surface area contributed by atoms with Crippen LogP contribution in [0.4, 0.5) is 0 Å². The molecular formula is C15H16N2O2. The molecule has 1 aliphatic carbocycles. The molecule has 1 heterocycles. The van der Waals surface area contributed by atoms with Gasteiger partial charge in [0.05, 0.1) is 5.92 Å². The van der Waals surface area contributed by atoms with Crippen molar-refractivity contribution in [3.63, 3.8) is 0 Å². The molecule has 2 aromatic rings. The summed E-state index contributed by atoms with van der Waals surface area (Å²) in [5.41, 5.74) is 2.64. The van der Waals surface area contributed by atoms with Crippen LogP contribution in [0.1, 0.15) is 54.9 Å². The molecule has 4 heteroatoms. The molecule has 0 fully saturated rings. The third-order valence-electron chi connectivity index (χ3n) is 3.88. The van der Waals surface area contributed by atoms with E-state index >= 15 is 0 Å². The zero-order valence-electron chi connectivity index (χ0n) is 11.1. The topological polar surface area (TPSA) is 56.0 Å². The van der Waals surface area contributed by atoms with E-state index < -0.39 is 0 Å². The van der Waals surface area contributed by atoms with Gasteiger partial charge in [-0.1, -0.05) is 29.4 Å². The highest BCUT2D eigenvalue weighted by Gasteiger charge is 2.28. The van der Waals surface area contributed by atoms with Crippen molar-refractivity contribution in [2.75, 3.05) is 0 Å². The van der Waals surface area contributed by atoms with E-state index in [2.05, 4.69) is 28.3 Å². The highest BCUT2D eigenvalue weighted by Crippen LogP contribution is 2.36. The number of Topliss-reactive ketones (excluding diaryl/α,β-unsaturated/α-hetero) is 1. The van der Waals surface area contributed by atoms with E-state index in [1.54, 1.807) is 13.8 Å². The number of benzene rings is 1. The Labute approximate surface area is 111 Å². The summed E-state index contributed by atoms with van der Waals surface area (Å²) in [6.45, 7) is 3.33. The van der Waals surface area contributed by atoms with E-state index in [0.29, 0.717) is 11.7 Å². The highest BCUT2D eigenvalue weighted by atomic mass is 16.5. The Kier molecular flexibility index (Phi) is 2.93. The number of aryl methyl sites for hydroxylation is 1. The van der Waals surface area contributed by atoms with E-state index in [4.69, 9.17) is 4.52 Å². The van der Waals surface area contributed by atoms with Crippen molar-refractivity contribution in [2.45, 2.75) is 38.5 Å². The molecule has 2 unspecified atom stereocenters. The summed E-state index contributed by atoms with van der Waals surface area (Å²) in [6.07, 6.45) is 2.06. The number of hydrogen-bond donors (Lipinski definition) is 0. The van der Waals surface area contributed by atoms with Gasteiger partial charge in [0.25, 0.3) is 0 Å². The Bertz CT molecular complexity index is 618. The third kappa shape index (κ3) is 2.07. The number of carbonyl (C=O) groups is 1. The Morgan fingerprint density at radius 2 is 2.21 bits per heavy atom. The zero-order valence-corrected chi connectivity index (χ0v) is 11.1. The lowest BCUT2D eigenvalue weighted by atomic mass is 10.0. The lowest BCUT2D eigenvalue weighted by Gasteiger charge is -2.05. The summed E-state index contributed by atoms with van der Waals surface area (Å²) in [5.74, 6) is 1.05. The third-order valence-corrected chi connectivity index (χ3v) is 3.88. The average Bonchev–Trinajstić information content (AvgIpc) is 3.03. The predicted molar refractivity (Wildman–Crippen MR) is 70.0 cm³/mol. The van der Waals surface area contributed by atoms with Crippen LogP contribution >= 0.6 is 0 Å². The largest absolute Gasteiger partial charge is 0.339 e. The molecule has 0 bridgehead atoms. The van der Waals surface area contributed by atoms with Gasteiger partial charge in [0.15, 0.2) is 5.82 Å². The Hall–Kier alpha value is -1.97. The summed E-state index contributed by atoms with van der Waals surface area (Å²) in [7, 11) is 0. The van der Waals surface area contributed by atoms with Crippen molar-refractivity contribution in [1.82, 2.24) is 10.1 Å². The molecule has 0 N–H and O–H groups in total. The van der Waals surface area contributed by atoms with E-state index in [0.717, 1.165) is 12.8 Å². The Morgan fingerprint density at radius 1 is 1.42 bits per heavy atom. The monoisotopic (exact) mass is 256 g/mol. The normalized spacial score (nSPS) is 19.2. The molecular weight excluding hydrogens is 240 g/mol. The van der Waals surface area contributed by atoms with Crippen LogP contribution in [0.15, 0.2) is 28.8 Å². The number of aromatic nitrogens is 2. The van der Waals surface area contributed by atoms with Crippen molar-refractivity contribution >= 4 is 5.78 Å². The second kappa shape index (κ2) is 4.61. The molecule has 4 nitrogen and oxygen atoms in total. The van der Waals surface area contributed by atoms with Crippen molar-refractivity contribution < 1.29 is 9.32 Å². The van der Waals surface area contributed by atoms with Crippen molar-refractivity contribution in [2.24, 2.45) is 0 Å². The smallest absolute Gasteiger partial charge is 0.236 e. The number of fused-ring (bicyclic) bond motifs is 1. The number of carbonyl (C=O) groups excluding carboxylic acids is 1. The van der Waals surface area contributed by atoms with Crippen LogP contribution in [0, 0.1) is 0 Å². The molecule has 0 spiro atoms. The first-order valence-electron chi connectivity index (χ1n) is 6.58. The Morgan fingerprint density at radius 3 is 3.00 bits per heavy atom. The molecule has 98 valence electrons. The van der Waals surface area contributed by atoms with Gasteiger partial charge in [0, 0.05) is 5.92 Å². The first-order valence-corrected chi connectivity index (χ1v) is 6.58. The summed E-state index contributed by atoms with van der Waals surface area (Å²) < 4.78 is 5.23. The maximum atomic E-state index is 11.3. The van der Waals surface area contributed by atoms with Gasteiger partial charge in [-0.05, 0) is 37.8 Å². The molecule has 19 heavy (non-hydrogen) atoms. The van der Waals surface area contributed by atoms with Gasteiger partial charge in [0.2, 0.25) is 5.89 Å². The van der Waals surface area contributed by atoms with Gasteiger partial charge in [-0.3, -0.25) is 4.79 Å². The van der Waals surface area contributed by atoms with Crippen LogP contribution in [-0.2, 0) is 11.2 Å². The van der Waals surface area contributed by atoms with Crippen LogP contribution in [-0.4, -0.2) is 15.9 Å². The fourth-order valence-electron chi connectivity index (χ4n) is 2.56. The van der Waals surface area contributed by atoms with Crippen LogP contribution in [0.5, 0.6) is 0 Å². The minimum atomic E-state index is -0.321. The lowest BCUT2D eigenvalue weighted by Crippen LogP contribution is -2.05. The highest BCUT2D eigenvalue weighted by molar-refractivity contribution is 5.81. The van der Waals surface area contributed by atoms with Gasteiger partial charge >= 0.3 is 0 Å². The number of hydrogen-bond acceptors (Lipinski definition) is 4. The molecule has 0 amide bonds. The minimum Gasteiger partial charge on any atom is -0.339 e. The first-order chi connectivity index (χ1) is 9.16. The standard InChI is InChI=1S/C15H16N2O2/c1-9(10(2)18)15-16-14(17-19-15)13-8-7-11-5-3-4-6-12(11)13/h3-6,9,13H,7-8H2,1-2H3. The molecule has 1 aromatic carbocycles. The maximum absolute atomic E-state index is 11.3. The Balaban J connectivity index is 1.91. The first kappa shape index (κ1) is 12.1. The maximum Gasteiger partial charge on any atom is 0.236 e. The fourth-order valence-corrected chi connectivity index (χ4v) is 2.56. The lowest BCUT2D eigenvalue weighted by molar-refractivity contribution is -0.118. The number of ketones is 1. The van der Waals surface area contributed by atoms with E-state index in [1.165, 1.54) is 11.1 Å². The van der Waals surface area contributed by atoms with Gasteiger partial charge < -0.3 is 4.52 Å². The molecule has 2 atom stereocenters. The molecule has 0 saturated heterocycles. The minimum absolute atomic E-state index is 0.0435. The van der Waals surface area contributed by atoms with Crippen molar-refractivity contribution in [1.29, 1.82) is 0 Å². The number of nitrogens with zero attached hydrogens (tertiary/aromatic N) is 2. The second-order valence-electron chi connectivity index (χ2n) is 5.11. The van der Waals surface area contributed by atoms with Gasteiger partial charge in [0.1, 0.15) is 5.78 Å². The SMILES string of the molecule is CC(=O)C(C)c1nc(C2CCc3ccccc32)no1.